The van der Waals surface area contributed by atoms with Gasteiger partial charge in [-0.05, 0) is 35.9 Å². The van der Waals surface area contributed by atoms with E-state index in [1.165, 1.54) is 12.1 Å². The quantitative estimate of drug-likeness (QED) is 0.640. The molecule has 1 amide bonds. The van der Waals surface area contributed by atoms with Gasteiger partial charge in [-0.15, -0.1) is 0 Å². The number of amides is 1. The van der Waals surface area contributed by atoms with Crippen LogP contribution in [0, 0.1) is 10.1 Å². The average Bonchev–Trinajstić information content (AvgIpc) is 2.46. The second-order valence-electron chi connectivity index (χ2n) is 4.33. The molecule has 0 heterocycles. The summed E-state index contributed by atoms with van der Waals surface area (Å²) in [5.74, 6) is -0.473. The van der Waals surface area contributed by atoms with E-state index < -0.39 is 10.8 Å². The Labute approximate surface area is 129 Å². The van der Waals surface area contributed by atoms with E-state index in [0.717, 1.165) is 11.3 Å². The lowest BCUT2D eigenvalue weighted by molar-refractivity contribution is -0.384. The Bertz CT molecular complexity index is 686. The molecule has 0 saturated carbocycles. The highest BCUT2D eigenvalue weighted by molar-refractivity contribution is 9.10. The van der Waals surface area contributed by atoms with Crippen molar-refractivity contribution >= 4 is 33.2 Å². The van der Waals surface area contributed by atoms with E-state index in [-0.39, 0.29) is 5.69 Å². The van der Waals surface area contributed by atoms with Crippen molar-refractivity contribution in [1.29, 1.82) is 0 Å². The molecule has 0 unspecified atom stereocenters. The molecule has 2 rings (SSSR count). The Morgan fingerprint density at radius 2 is 1.90 bits per heavy atom. The van der Waals surface area contributed by atoms with Crippen LogP contribution in [0.2, 0.25) is 0 Å². The zero-order valence-corrected chi connectivity index (χ0v) is 12.5. The number of hydrogen-bond acceptors (Lipinski definition) is 4. The summed E-state index contributed by atoms with van der Waals surface area (Å²) in [4.78, 5) is 21.2. The molecule has 0 fully saturated rings. The maximum Gasteiger partial charge on any atom is 0.270 e. The molecule has 0 atom stereocenters. The molecule has 2 aromatic rings. The van der Waals surface area contributed by atoms with Crippen LogP contribution >= 0.6 is 15.9 Å². The number of carbonyl (C=O) groups excluding carboxylic acids is 1. The van der Waals surface area contributed by atoms with Crippen molar-refractivity contribution in [3.05, 3.63) is 68.2 Å². The van der Waals surface area contributed by atoms with Gasteiger partial charge in [-0.2, -0.15) is 0 Å². The van der Waals surface area contributed by atoms with Crippen LogP contribution in [-0.2, 0) is 6.54 Å². The summed E-state index contributed by atoms with van der Waals surface area (Å²) >= 11 is 3.31. The Kier molecular flexibility index (Phi) is 4.54. The zero-order chi connectivity index (χ0) is 15.4. The van der Waals surface area contributed by atoms with Crippen molar-refractivity contribution in [2.24, 2.45) is 5.73 Å². The highest BCUT2D eigenvalue weighted by atomic mass is 79.9. The fraction of sp³-hybridized carbons (Fsp3) is 0.0714. The molecule has 0 bridgehead atoms. The van der Waals surface area contributed by atoms with Gasteiger partial charge < -0.3 is 11.1 Å². The van der Waals surface area contributed by atoms with Crippen LogP contribution in [0.5, 0.6) is 0 Å². The number of carbonyl (C=O) groups is 1. The third-order valence-electron chi connectivity index (χ3n) is 2.90. The summed E-state index contributed by atoms with van der Waals surface area (Å²) < 4.78 is 0.665. The largest absolute Gasteiger partial charge is 0.381 e. The summed E-state index contributed by atoms with van der Waals surface area (Å²) in [5, 5.41) is 13.8. The number of nitro benzene ring substituents is 1. The molecule has 0 spiro atoms. The maximum atomic E-state index is 11.0. The molecule has 0 aliphatic carbocycles. The van der Waals surface area contributed by atoms with Crippen LogP contribution in [-0.4, -0.2) is 10.8 Å². The molecular weight excluding hydrogens is 338 g/mol. The summed E-state index contributed by atoms with van der Waals surface area (Å²) in [7, 11) is 0. The number of halogens is 1. The number of nitrogens with one attached hydrogen (secondary N) is 1. The van der Waals surface area contributed by atoms with E-state index in [0.29, 0.717) is 16.6 Å². The zero-order valence-electron chi connectivity index (χ0n) is 10.9. The van der Waals surface area contributed by atoms with Crippen LogP contribution in [0.25, 0.3) is 0 Å². The third-order valence-corrected chi connectivity index (χ3v) is 3.64. The fourth-order valence-electron chi connectivity index (χ4n) is 1.74. The molecule has 3 N–H and O–H groups in total. The number of non-ortho nitro benzene ring substituents is 1. The molecule has 2 aromatic carbocycles. The monoisotopic (exact) mass is 349 g/mol. The molecule has 108 valence electrons. The fourth-order valence-corrected chi connectivity index (χ4v) is 2.25. The summed E-state index contributed by atoms with van der Waals surface area (Å²) in [6.07, 6.45) is 0. The lowest BCUT2D eigenvalue weighted by Crippen LogP contribution is -2.10. The predicted octanol–water partition coefficient (Wildman–Crippen LogP) is 3.07. The van der Waals surface area contributed by atoms with Gasteiger partial charge in [0.2, 0.25) is 5.91 Å². The summed E-state index contributed by atoms with van der Waals surface area (Å²) in [6.45, 7) is 0.495. The SMILES string of the molecule is NC(=O)c1ccc(NCc2ccc([N+](=O)[O-])cc2Br)cc1. The van der Waals surface area contributed by atoms with E-state index in [9.17, 15) is 14.9 Å². The first-order valence-electron chi connectivity index (χ1n) is 6.04. The van der Waals surface area contributed by atoms with E-state index in [1.54, 1.807) is 30.3 Å². The van der Waals surface area contributed by atoms with E-state index in [1.807, 2.05) is 0 Å². The van der Waals surface area contributed by atoms with Crippen molar-refractivity contribution in [3.8, 4) is 0 Å². The van der Waals surface area contributed by atoms with Crippen LogP contribution in [0.3, 0.4) is 0 Å². The van der Waals surface area contributed by atoms with Crippen LogP contribution in [0.15, 0.2) is 46.9 Å². The second-order valence-corrected chi connectivity index (χ2v) is 5.18. The molecule has 7 heteroatoms. The highest BCUT2D eigenvalue weighted by Gasteiger charge is 2.09. The number of hydrogen-bond donors (Lipinski definition) is 2. The molecule has 0 saturated heterocycles. The Morgan fingerprint density at radius 1 is 1.24 bits per heavy atom. The highest BCUT2D eigenvalue weighted by Crippen LogP contribution is 2.23. The second kappa shape index (κ2) is 6.36. The predicted molar refractivity (Wildman–Crippen MR) is 83.1 cm³/mol. The number of nitrogens with zero attached hydrogens (tertiary/aromatic N) is 1. The topological polar surface area (TPSA) is 98.3 Å². The van der Waals surface area contributed by atoms with Gasteiger partial charge in [0, 0.05) is 34.4 Å². The third kappa shape index (κ3) is 3.79. The Hall–Kier alpha value is -2.41. The maximum absolute atomic E-state index is 11.0. The summed E-state index contributed by atoms with van der Waals surface area (Å²) in [6, 6.07) is 11.4. The molecule has 0 radical (unpaired) electrons. The van der Waals surface area contributed by atoms with Crippen molar-refractivity contribution in [2.75, 3.05) is 5.32 Å². The van der Waals surface area contributed by atoms with Gasteiger partial charge in [0.1, 0.15) is 0 Å². The minimum Gasteiger partial charge on any atom is -0.381 e. The Balaban J connectivity index is 2.06. The van der Waals surface area contributed by atoms with Gasteiger partial charge in [-0.1, -0.05) is 15.9 Å². The number of primary amides is 1. The first kappa shape index (κ1) is 15.0. The number of anilines is 1. The summed E-state index contributed by atoms with van der Waals surface area (Å²) in [5.41, 5.74) is 7.36. The smallest absolute Gasteiger partial charge is 0.270 e. The lowest BCUT2D eigenvalue weighted by Gasteiger charge is -2.08. The van der Waals surface area contributed by atoms with Crippen molar-refractivity contribution in [3.63, 3.8) is 0 Å². The van der Waals surface area contributed by atoms with Gasteiger partial charge >= 0.3 is 0 Å². The lowest BCUT2D eigenvalue weighted by atomic mass is 10.1. The molecule has 0 aliphatic heterocycles. The first-order valence-corrected chi connectivity index (χ1v) is 6.83. The molecule has 0 aliphatic rings. The van der Waals surface area contributed by atoms with Gasteiger partial charge in [-0.25, -0.2) is 0 Å². The number of nitrogens with two attached hydrogens (primary N) is 1. The van der Waals surface area contributed by atoms with Gasteiger partial charge in [0.15, 0.2) is 0 Å². The standard InChI is InChI=1S/C14H12BrN3O3/c15-13-7-12(18(20)21)6-3-10(13)8-17-11-4-1-9(2-5-11)14(16)19/h1-7,17H,8H2,(H2,16,19). The van der Waals surface area contributed by atoms with E-state index in [4.69, 9.17) is 5.73 Å². The van der Waals surface area contributed by atoms with Crippen molar-refractivity contribution in [2.45, 2.75) is 6.54 Å². The molecular formula is C14H12BrN3O3. The van der Waals surface area contributed by atoms with Crippen molar-refractivity contribution in [1.82, 2.24) is 0 Å². The van der Waals surface area contributed by atoms with E-state index >= 15 is 0 Å². The van der Waals surface area contributed by atoms with Crippen LogP contribution in [0.1, 0.15) is 15.9 Å². The Morgan fingerprint density at radius 3 is 2.43 bits per heavy atom. The van der Waals surface area contributed by atoms with E-state index in [2.05, 4.69) is 21.2 Å². The average molecular weight is 350 g/mol. The number of nitro groups is 1. The normalized spacial score (nSPS) is 10.1. The van der Waals surface area contributed by atoms with Gasteiger partial charge in [-0.3, -0.25) is 14.9 Å². The number of benzene rings is 2. The first-order chi connectivity index (χ1) is 9.97. The molecule has 21 heavy (non-hydrogen) atoms. The van der Waals surface area contributed by atoms with Gasteiger partial charge in [0.25, 0.3) is 5.69 Å². The molecule has 0 aromatic heterocycles. The minimum atomic E-state index is -0.473. The van der Waals surface area contributed by atoms with Gasteiger partial charge in [0.05, 0.1) is 4.92 Å². The molecule has 6 nitrogen and oxygen atoms in total. The van der Waals surface area contributed by atoms with Crippen molar-refractivity contribution < 1.29 is 9.72 Å². The van der Waals surface area contributed by atoms with Crippen LogP contribution < -0.4 is 11.1 Å². The number of rotatable bonds is 5. The van der Waals surface area contributed by atoms with Crippen LogP contribution in [0.4, 0.5) is 11.4 Å². The minimum absolute atomic E-state index is 0.0384.